The molecular weight excluding hydrogens is 386 g/mol. The van der Waals surface area contributed by atoms with Gasteiger partial charge in [0.05, 0.1) is 12.8 Å². The minimum Gasteiger partial charge on any atom is -0.388 e. The fourth-order valence-electron chi connectivity index (χ4n) is 5.80. The van der Waals surface area contributed by atoms with Crippen molar-refractivity contribution in [1.82, 2.24) is 10.2 Å². The van der Waals surface area contributed by atoms with Crippen LogP contribution in [0.1, 0.15) is 47.6 Å². The molecule has 31 heavy (non-hydrogen) atoms. The number of nitrogens with one attached hydrogen (secondary N) is 1. The van der Waals surface area contributed by atoms with E-state index in [0.717, 1.165) is 56.6 Å². The van der Waals surface area contributed by atoms with Gasteiger partial charge in [0.1, 0.15) is 5.54 Å². The zero-order chi connectivity index (χ0) is 21.6. The first-order valence-corrected chi connectivity index (χ1v) is 11.6. The second-order valence-corrected chi connectivity index (χ2v) is 9.64. The van der Waals surface area contributed by atoms with Crippen molar-refractivity contribution >= 4 is 11.6 Å². The van der Waals surface area contributed by atoms with E-state index in [9.17, 15) is 9.90 Å². The summed E-state index contributed by atoms with van der Waals surface area (Å²) in [6, 6.07) is 14.7. The van der Waals surface area contributed by atoms with E-state index in [1.807, 2.05) is 18.2 Å². The summed E-state index contributed by atoms with van der Waals surface area (Å²) in [7, 11) is 0. The number of anilines is 1. The summed E-state index contributed by atoms with van der Waals surface area (Å²) in [6.07, 6.45) is 3.32. The second-order valence-electron chi connectivity index (χ2n) is 9.64. The summed E-state index contributed by atoms with van der Waals surface area (Å²) >= 11 is 0. The second kappa shape index (κ2) is 7.95. The van der Waals surface area contributed by atoms with Crippen LogP contribution >= 0.6 is 0 Å². The highest BCUT2D eigenvalue weighted by Gasteiger charge is 2.50. The van der Waals surface area contributed by atoms with Gasteiger partial charge in [0, 0.05) is 31.2 Å². The van der Waals surface area contributed by atoms with Crippen molar-refractivity contribution in [1.29, 1.82) is 0 Å². The number of aryl methyl sites for hydroxylation is 3. The van der Waals surface area contributed by atoms with Crippen molar-refractivity contribution in [3.63, 3.8) is 0 Å². The first-order valence-electron chi connectivity index (χ1n) is 11.6. The standard InChI is InChI=1S/C26H33N3O2/c1-18-14-20-8-9-21(24(30)23(20)15-19(18)2)16-28-12-10-26(11-13-28)25(31)27-17-29(26)22-6-4-3-5-7-22/h3-7,14-15,21,24,30H,8-13,16-17H2,1-2H3,(H,27,31)/t21-,24-/m0/s1. The predicted octanol–water partition coefficient (Wildman–Crippen LogP) is 3.33. The molecule has 1 aliphatic carbocycles. The number of carbonyl (C=O) groups excluding carboxylic acids is 1. The predicted molar refractivity (Wildman–Crippen MR) is 123 cm³/mol. The number of benzene rings is 2. The summed E-state index contributed by atoms with van der Waals surface area (Å²) in [5, 5.41) is 14.2. The highest BCUT2D eigenvalue weighted by atomic mass is 16.3. The first-order chi connectivity index (χ1) is 15.0. The molecule has 0 aromatic heterocycles. The topological polar surface area (TPSA) is 55.8 Å². The molecule has 2 N–H and O–H groups in total. The van der Waals surface area contributed by atoms with Gasteiger partial charge in [-0.3, -0.25) is 4.79 Å². The summed E-state index contributed by atoms with van der Waals surface area (Å²) in [5.74, 6) is 0.416. The van der Waals surface area contributed by atoms with Gasteiger partial charge < -0.3 is 20.2 Å². The van der Waals surface area contributed by atoms with E-state index in [1.54, 1.807) is 0 Å². The number of fused-ring (bicyclic) bond motifs is 1. The van der Waals surface area contributed by atoms with Gasteiger partial charge in [0.15, 0.2) is 0 Å². The minimum absolute atomic E-state index is 0.161. The van der Waals surface area contributed by atoms with Crippen molar-refractivity contribution < 1.29 is 9.90 Å². The maximum absolute atomic E-state index is 12.9. The number of piperidine rings is 1. The molecule has 5 rings (SSSR count). The van der Waals surface area contributed by atoms with E-state index in [4.69, 9.17) is 0 Å². The Morgan fingerprint density at radius 2 is 1.81 bits per heavy atom. The normalized spacial score (nSPS) is 25.5. The fraction of sp³-hybridized carbons (Fsp3) is 0.500. The third kappa shape index (κ3) is 3.54. The smallest absolute Gasteiger partial charge is 0.247 e. The third-order valence-electron chi connectivity index (χ3n) is 7.89. The van der Waals surface area contributed by atoms with Gasteiger partial charge in [-0.1, -0.05) is 30.3 Å². The van der Waals surface area contributed by atoms with Crippen LogP contribution in [-0.4, -0.2) is 47.8 Å². The van der Waals surface area contributed by atoms with Gasteiger partial charge in [0.2, 0.25) is 5.91 Å². The number of carbonyl (C=O) groups is 1. The molecule has 2 aliphatic heterocycles. The van der Waals surface area contributed by atoms with Crippen molar-refractivity contribution in [3.05, 3.63) is 64.7 Å². The third-order valence-corrected chi connectivity index (χ3v) is 7.89. The van der Waals surface area contributed by atoms with Crippen molar-refractivity contribution in [2.45, 2.75) is 51.2 Å². The molecule has 2 fully saturated rings. The fourth-order valence-corrected chi connectivity index (χ4v) is 5.80. The van der Waals surface area contributed by atoms with Crippen LogP contribution in [0.5, 0.6) is 0 Å². The van der Waals surface area contributed by atoms with Gasteiger partial charge in [-0.15, -0.1) is 0 Å². The molecule has 5 nitrogen and oxygen atoms in total. The zero-order valence-electron chi connectivity index (χ0n) is 18.6. The molecular formula is C26H33N3O2. The highest BCUT2D eigenvalue weighted by molar-refractivity contribution is 5.93. The summed E-state index contributed by atoms with van der Waals surface area (Å²) in [5.41, 5.74) is 5.67. The molecule has 1 amide bonds. The molecule has 0 radical (unpaired) electrons. The van der Waals surface area contributed by atoms with E-state index >= 15 is 0 Å². The number of hydrogen-bond donors (Lipinski definition) is 2. The summed E-state index contributed by atoms with van der Waals surface area (Å²) in [4.78, 5) is 17.6. The summed E-state index contributed by atoms with van der Waals surface area (Å²) < 4.78 is 0. The number of nitrogens with zero attached hydrogens (tertiary/aromatic N) is 2. The van der Waals surface area contributed by atoms with Crippen LogP contribution in [0.15, 0.2) is 42.5 Å². The molecule has 164 valence electrons. The number of para-hydroxylation sites is 1. The lowest BCUT2D eigenvalue weighted by molar-refractivity contribution is -0.125. The van der Waals surface area contributed by atoms with E-state index < -0.39 is 11.6 Å². The number of aliphatic hydroxyl groups excluding tert-OH is 1. The lowest BCUT2D eigenvalue weighted by Crippen LogP contribution is -2.57. The Morgan fingerprint density at radius 3 is 2.55 bits per heavy atom. The van der Waals surface area contributed by atoms with Crippen molar-refractivity contribution in [2.24, 2.45) is 5.92 Å². The van der Waals surface area contributed by atoms with Crippen LogP contribution in [0.2, 0.25) is 0 Å². The Labute approximate surface area is 185 Å². The summed E-state index contributed by atoms with van der Waals surface area (Å²) in [6.45, 7) is 7.53. The quantitative estimate of drug-likeness (QED) is 0.801. The Balaban J connectivity index is 1.27. The van der Waals surface area contributed by atoms with Gasteiger partial charge >= 0.3 is 0 Å². The van der Waals surface area contributed by atoms with Gasteiger partial charge in [-0.05, 0) is 73.9 Å². The number of rotatable bonds is 3. The number of likely N-dealkylation sites (tertiary alicyclic amines) is 1. The molecule has 2 aromatic rings. The molecule has 3 aliphatic rings. The molecule has 2 saturated heterocycles. The van der Waals surface area contributed by atoms with Crippen LogP contribution in [-0.2, 0) is 11.2 Å². The molecule has 0 saturated carbocycles. The number of hydrogen-bond acceptors (Lipinski definition) is 4. The van der Waals surface area contributed by atoms with Gasteiger partial charge in [-0.25, -0.2) is 0 Å². The van der Waals surface area contributed by atoms with E-state index in [1.165, 1.54) is 16.7 Å². The largest absolute Gasteiger partial charge is 0.388 e. The molecule has 0 bridgehead atoms. The van der Waals surface area contributed by atoms with Crippen LogP contribution in [0.3, 0.4) is 0 Å². The zero-order valence-corrected chi connectivity index (χ0v) is 18.6. The number of amides is 1. The lowest BCUT2D eigenvalue weighted by atomic mass is 9.79. The van der Waals surface area contributed by atoms with Crippen LogP contribution in [0.25, 0.3) is 0 Å². The Kier molecular flexibility index (Phi) is 5.27. The molecule has 2 atom stereocenters. The van der Waals surface area contributed by atoms with Gasteiger partial charge in [0.25, 0.3) is 0 Å². The molecule has 2 heterocycles. The maximum Gasteiger partial charge on any atom is 0.247 e. The maximum atomic E-state index is 12.9. The van der Waals surface area contributed by atoms with Crippen molar-refractivity contribution in [3.8, 4) is 0 Å². The average molecular weight is 420 g/mol. The first kappa shape index (κ1) is 20.5. The van der Waals surface area contributed by atoms with Crippen LogP contribution < -0.4 is 10.2 Å². The lowest BCUT2D eigenvalue weighted by Gasteiger charge is -2.44. The highest BCUT2D eigenvalue weighted by Crippen LogP contribution is 2.39. The van der Waals surface area contributed by atoms with E-state index in [0.29, 0.717) is 6.67 Å². The molecule has 1 spiro atoms. The van der Waals surface area contributed by atoms with E-state index in [-0.39, 0.29) is 11.8 Å². The average Bonchev–Trinajstić information content (AvgIpc) is 3.09. The Morgan fingerprint density at radius 1 is 1.10 bits per heavy atom. The molecule has 0 unspecified atom stereocenters. The Hall–Kier alpha value is -2.37. The molecule has 5 heteroatoms. The number of aliphatic hydroxyl groups is 1. The van der Waals surface area contributed by atoms with Crippen molar-refractivity contribution in [2.75, 3.05) is 31.2 Å². The SMILES string of the molecule is Cc1cc2c(cc1C)[C@@H](O)[C@H](CN1CCC3(CC1)C(=O)NCN3c1ccccc1)CC2. The molecule has 2 aromatic carbocycles. The van der Waals surface area contributed by atoms with Gasteiger partial charge in [-0.2, -0.15) is 0 Å². The monoisotopic (exact) mass is 419 g/mol. The van der Waals surface area contributed by atoms with E-state index in [2.05, 4.69) is 53.2 Å². The van der Waals surface area contributed by atoms with Crippen LogP contribution in [0.4, 0.5) is 5.69 Å². The van der Waals surface area contributed by atoms with Crippen LogP contribution in [0, 0.1) is 19.8 Å². The Bertz CT molecular complexity index is 966. The minimum atomic E-state index is -0.440.